The lowest BCUT2D eigenvalue weighted by molar-refractivity contribution is 0.273. The highest BCUT2D eigenvalue weighted by molar-refractivity contribution is 5.21. The third kappa shape index (κ3) is 2.89. The van der Waals surface area contributed by atoms with Gasteiger partial charge in [0.1, 0.15) is 11.6 Å². The van der Waals surface area contributed by atoms with Crippen LogP contribution in [0.4, 0.5) is 8.78 Å². The summed E-state index contributed by atoms with van der Waals surface area (Å²) in [7, 11) is 0. The quantitative estimate of drug-likeness (QED) is 0.844. The summed E-state index contributed by atoms with van der Waals surface area (Å²) in [5, 5.41) is 3.35. The minimum atomic E-state index is -0.405. The van der Waals surface area contributed by atoms with Crippen molar-refractivity contribution in [1.82, 2.24) is 5.32 Å². The molecule has 1 fully saturated rings. The summed E-state index contributed by atoms with van der Waals surface area (Å²) >= 11 is 0. The Labute approximate surface area is 108 Å². The SMILES string of the molecule is CCNCC1(Cc2c(F)cccc2F)CCCC1. The van der Waals surface area contributed by atoms with Crippen molar-refractivity contribution in [3.63, 3.8) is 0 Å². The molecule has 0 bridgehead atoms. The van der Waals surface area contributed by atoms with Crippen LogP contribution in [-0.4, -0.2) is 13.1 Å². The van der Waals surface area contributed by atoms with Crippen molar-refractivity contribution in [3.8, 4) is 0 Å². The molecule has 0 atom stereocenters. The largest absolute Gasteiger partial charge is 0.316 e. The molecular formula is C15H21F2N. The van der Waals surface area contributed by atoms with Gasteiger partial charge in [0.15, 0.2) is 0 Å². The Morgan fingerprint density at radius 1 is 1.17 bits per heavy atom. The molecule has 1 aliphatic rings. The fourth-order valence-electron chi connectivity index (χ4n) is 3.01. The van der Waals surface area contributed by atoms with E-state index in [4.69, 9.17) is 0 Å². The third-order valence-electron chi connectivity index (χ3n) is 4.03. The predicted octanol–water partition coefficient (Wildman–Crippen LogP) is 3.68. The lowest BCUT2D eigenvalue weighted by Crippen LogP contribution is -2.34. The number of nitrogens with one attached hydrogen (secondary N) is 1. The van der Waals surface area contributed by atoms with Gasteiger partial charge in [0.2, 0.25) is 0 Å². The average Bonchev–Trinajstić information content (AvgIpc) is 2.81. The van der Waals surface area contributed by atoms with E-state index in [-0.39, 0.29) is 11.0 Å². The average molecular weight is 253 g/mol. The zero-order valence-electron chi connectivity index (χ0n) is 10.9. The molecule has 1 aromatic carbocycles. The fraction of sp³-hybridized carbons (Fsp3) is 0.600. The molecule has 0 aromatic heterocycles. The molecule has 1 saturated carbocycles. The number of rotatable bonds is 5. The second-order valence-electron chi connectivity index (χ2n) is 5.36. The summed E-state index contributed by atoms with van der Waals surface area (Å²) in [5.41, 5.74) is 0.302. The van der Waals surface area contributed by atoms with Crippen LogP contribution in [0.3, 0.4) is 0 Å². The first-order chi connectivity index (χ1) is 8.67. The van der Waals surface area contributed by atoms with E-state index >= 15 is 0 Å². The van der Waals surface area contributed by atoms with Crippen molar-refractivity contribution in [3.05, 3.63) is 35.4 Å². The van der Waals surface area contributed by atoms with Gasteiger partial charge in [-0.3, -0.25) is 0 Å². The molecule has 1 aromatic rings. The van der Waals surface area contributed by atoms with Crippen molar-refractivity contribution in [2.75, 3.05) is 13.1 Å². The topological polar surface area (TPSA) is 12.0 Å². The minimum Gasteiger partial charge on any atom is -0.316 e. The summed E-state index contributed by atoms with van der Waals surface area (Å²) < 4.78 is 27.5. The molecule has 2 rings (SSSR count). The molecule has 0 amide bonds. The van der Waals surface area contributed by atoms with E-state index in [2.05, 4.69) is 12.2 Å². The van der Waals surface area contributed by atoms with E-state index in [1.807, 2.05) is 0 Å². The smallest absolute Gasteiger partial charge is 0.129 e. The zero-order valence-corrected chi connectivity index (χ0v) is 10.9. The first-order valence-corrected chi connectivity index (χ1v) is 6.80. The Morgan fingerprint density at radius 3 is 2.33 bits per heavy atom. The number of hydrogen-bond donors (Lipinski definition) is 1. The van der Waals surface area contributed by atoms with Crippen LogP contribution in [0, 0.1) is 17.0 Å². The van der Waals surface area contributed by atoms with E-state index in [0.717, 1.165) is 25.9 Å². The zero-order chi connectivity index (χ0) is 13.0. The normalized spacial score (nSPS) is 18.2. The van der Waals surface area contributed by atoms with Gasteiger partial charge in [-0.2, -0.15) is 0 Å². The Kier molecular flexibility index (Phi) is 4.33. The highest BCUT2D eigenvalue weighted by Gasteiger charge is 2.35. The molecular weight excluding hydrogens is 232 g/mol. The van der Waals surface area contributed by atoms with E-state index in [1.54, 1.807) is 0 Å². The van der Waals surface area contributed by atoms with E-state index in [0.29, 0.717) is 6.42 Å². The van der Waals surface area contributed by atoms with Gasteiger partial charge in [0, 0.05) is 12.1 Å². The van der Waals surface area contributed by atoms with Gasteiger partial charge in [-0.1, -0.05) is 25.8 Å². The maximum Gasteiger partial charge on any atom is 0.129 e. The highest BCUT2D eigenvalue weighted by Crippen LogP contribution is 2.41. The van der Waals surface area contributed by atoms with Crippen molar-refractivity contribution >= 4 is 0 Å². The van der Waals surface area contributed by atoms with Gasteiger partial charge in [-0.05, 0) is 43.4 Å². The monoisotopic (exact) mass is 253 g/mol. The van der Waals surface area contributed by atoms with Gasteiger partial charge in [0.05, 0.1) is 0 Å². The molecule has 18 heavy (non-hydrogen) atoms. The maximum atomic E-state index is 13.7. The molecule has 1 nitrogen and oxygen atoms in total. The molecule has 100 valence electrons. The minimum absolute atomic E-state index is 0.0407. The van der Waals surface area contributed by atoms with Crippen molar-refractivity contribution < 1.29 is 8.78 Å². The van der Waals surface area contributed by atoms with Crippen molar-refractivity contribution in [1.29, 1.82) is 0 Å². The molecule has 0 saturated heterocycles. The van der Waals surface area contributed by atoms with Crippen molar-refractivity contribution in [2.45, 2.75) is 39.0 Å². The summed E-state index contributed by atoms with van der Waals surface area (Å²) in [6.07, 6.45) is 4.98. The van der Waals surface area contributed by atoms with E-state index < -0.39 is 11.6 Å². The van der Waals surface area contributed by atoms with E-state index in [1.165, 1.54) is 31.0 Å². The molecule has 3 heteroatoms. The van der Waals surface area contributed by atoms with Gasteiger partial charge < -0.3 is 5.32 Å². The summed E-state index contributed by atoms with van der Waals surface area (Å²) in [6.45, 7) is 3.82. The Hall–Kier alpha value is -0.960. The molecule has 0 spiro atoms. The molecule has 0 aliphatic heterocycles. The number of benzene rings is 1. The van der Waals surface area contributed by atoms with Crippen LogP contribution < -0.4 is 5.32 Å². The molecule has 1 N–H and O–H groups in total. The lowest BCUT2D eigenvalue weighted by atomic mass is 9.79. The van der Waals surface area contributed by atoms with Crippen molar-refractivity contribution in [2.24, 2.45) is 5.41 Å². The van der Waals surface area contributed by atoms with Gasteiger partial charge >= 0.3 is 0 Å². The van der Waals surface area contributed by atoms with E-state index in [9.17, 15) is 8.78 Å². The van der Waals surface area contributed by atoms with Crippen LogP contribution in [0.2, 0.25) is 0 Å². The number of halogens is 2. The maximum absolute atomic E-state index is 13.7. The second kappa shape index (κ2) is 5.79. The van der Waals surface area contributed by atoms with Gasteiger partial charge in [0.25, 0.3) is 0 Å². The predicted molar refractivity (Wildman–Crippen MR) is 69.5 cm³/mol. The molecule has 0 radical (unpaired) electrons. The Morgan fingerprint density at radius 2 is 1.78 bits per heavy atom. The molecule has 1 aliphatic carbocycles. The molecule has 0 unspecified atom stereocenters. The van der Waals surface area contributed by atoms with Crippen LogP contribution >= 0.6 is 0 Å². The highest BCUT2D eigenvalue weighted by atomic mass is 19.1. The Bertz CT molecular complexity index is 377. The van der Waals surface area contributed by atoms with Crippen LogP contribution in [-0.2, 0) is 6.42 Å². The summed E-state index contributed by atoms with van der Waals surface area (Å²) in [4.78, 5) is 0. The number of hydrogen-bond acceptors (Lipinski definition) is 1. The van der Waals surface area contributed by atoms with Gasteiger partial charge in [-0.25, -0.2) is 8.78 Å². The lowest BCUT2D eigenvalue weighted by Gasteiger charge is -2.29. The van der Waals surface area contributed by atoms with Crippen LogP contribution in [0.5, 0.6) is 0 Å². The summed E-state index contributed by atoms with van der Waals surface area (Å²) in [5.74, 6) is -0.810. The first-order valence-electron chi connectivity index (χ1n) is 6.80. The second-order valence-corrected chi connectivity index (χ2v) is 5.36. The van der Waals surface area contributed by atoms with Crippen LogP contribution in [0.1, 0.15) is 38.2 Å². The first kappa shape index (κ1) is 13.5. The van der Waals surface area contributed by atoms with Crippen LogP contribution in [0.25, 0.3) is 0 Å². The molecule has 0 heterocycles. The van der Waals surface area contributed by atoms with Gasteiger partial charge in [-0.15, -0.1) is 0 Å². The fourth-order valence-corrected chi connectivity index (χ4v) is 3.01. The standard InChI is InChI=1S/C15H21F2N/c1-2-18-11-15(8-3-4-9-15)10-12-13(16)6-5-7-14(12)17/h5-7,18H,2-4,8-11H2,1H3. The van der Waals surface area contributed by atoms with Crippen LogP contribution in [0.15, 0.2) is 18.2 Å². The third-order valence-corrected chi connectivity index (χ3v) is 4.03. The Balaban J connectivity index is 2.18. The summed E-state index contributed by atoms with van der Waals surface area (Å²) in [6, 6.07) is 4.14.